The van der Waals surface area contributed by atoms with E-state index >= 15 is 0 Å². The maximum Gasteiger partial charge on any atom is 0.224 e. The summed E-state index contributed by atoms with van der Waals surface area (Å²) >= 11 is 0. The highest BCUT2D eigenvalue weighted by molar-refractivity contribution is 5.46. The molecule has 1 heterocycles. The van der Waals surface area contributed by atoms with Crippen molar-refractivity contribution in [3.63, 3.8) is 0 Å². The molecule has 1 aromatic heterocycles. The molecule has 0 aliphatic rings. The Morgan fingerprint density at radius 3 is 2.48 bits per heavy atom. The zero-order chi connectivity index (χ0) is 15.2. The second kappa shape index (κ2) is 7.07. The monoisotopic (exact) mass is 284 g/mol. The average molecular weight is 284 g/mol. The van der Waals surface area contributed by atoms with Gasteiger partial charge in [-0.1, -0.05) is 30.3 Å². The van der Waals surface area contributed by atoms with E-state index < -0.39 is 0 Å². The summed E-state index contributed by atoms with van der Waals surface area (Å²) in [7, 11) is 0. The van der Waals surface area contributed by atoms with E-state index in [1.807, 2.05) is 19.1 Å². The molecule has 0 unspecified atom stereocenters. The van der Waals surface area contributed by atoms with Crippen LogP contribution in [0.15, 0.2) is 36.4 Å². The fourth-order valence-corrected chi connectivity index (χ4v) is 2.24. The van der Waals surface area contributed by atoms with E-state index in [1.54, 1.807) is 0 Å². The lowest BCUT2D eigenvalue weighted by Gasteiger charge is -2.28. The summed E-state index contributed by atoms with van der Waals surface area (Å²) in [6.07, 6.45) is 0. The first kappa shape index (κ1) is 15.3. The summed E-state index contributed by atoms with van der Waals surface area (Å²) in [4.78, 5) is 11.4. The first-order chi connectivity index (χ1) is 10.1. The molecule has 0 aliphatic carbocycles. The molecule has 0 aliphatic heterocycles. The standard InChI is InChI=1S/C17H24N4/c1-5-18-17-19-14(4)11-16(20-17)21(13(2)3)12-15-9-7-6-8-10-15/h6-11,13H,5,12H2,1-4H3,(H,18,19,20). The molecule has 2 rings (SSSR count). The van der Waals surface area contributed by atoms with Gasteiger partial charge < -0.3 is 10.2 Å². The van der Waals surface area contributed by atoms with E-state index in [9.17, 15) is 0 Å². The van der Waals surface area contributed by atoms with Crippen LogP contribution < -0.4 is 10.2 Å². The Bertz CT molecular complexity index is 566. The van der Waals surface area contributed by atoms with Crippen LogP contribution in [0.4, 0.5) is 11.8 Å². The Labute approximate surface area is 127 Å². The van der Waals surface area contributed by atoms with E-state index in [4.69, 9.17) is 0 Å². The van der Waals surface area contributed by atoms with Crippen LogP contribution in [0.3, 0.4) is 0 Å². The number of benzene rings is 1. The van der Waals surface area contributed by atoms with E-state index in [0.717, 1.165) is 24.6 Å². The number of nitrogens with zero attached hydrogens (tertiary/aromatic N) is 3. The third kappa shape index (κ3) is 4.18. The molecule has 0 saturated heterocycles. The van der Waals surface area contributed by atoms with Gasteiger partial charge in [0.15, 0.2) is 0 Å². The van der Waals surface area contributed by atoms with Crippen LogP contribution in [-0.4, -0.2) is 22.6 Å². The number of hydrogen-bond donors (Lipinski definition) is 1. The summed E-state index contributed by atoms with van der Waals surface area (Å²) in [5, 5.41) is 3.20. The molecule has 0 saturated carbocycles. The lowest BCUT2D eigenvalue weighted by molar-refractivity contribution is 0.671. The second-order valence-corrected chi connectivity index (χ2v) is 5.43. The first-order valence-electron chi connectivity index (χ1n) is 7.50. The van der Waals surface area contributed by atoms with Gasteiger partial charge in [-0.05, 0) is 33.3 Å². The molecule has 4 heteroatoms. The van der Waals surface area contributed by atoms with Gasteiger partial charge in [-0.15, -0.1) is 0 Å². The van der Waals surface area contributed by atoms with Gasteiger partial charge >= 0.3 is 0 Å². The third-order valence-corrected chi connectivity index (χ3v) is 3.29. The molecule has 0 bridgehead atoms. The minimum atomic E-state index is 0.369. The van der Waals surface area contributed by atoms with Crippen molar-refractivity contribution in [3.05, 3.63) is 47.7 Å². The molecule has 2 aromatic rings. The van der Waals surface area contributed by atoms with Crippen LogP contribution in [0.25, 0.3) is 0 Å². The Morgan fingerprint density at radius 1 is 1.14 bits per heavy atom. The maximum absolute atomic E-state index is 4.64. The molecule has 0 atom stereocenters. The zero-order valence-electron chi connectivity index (χ0n) is 13.3. The minimum absolute atomic E-state index is 0.369. The van der Waals surface area contributed by atoms with Gasteiger partial charge in [0, 0.05) is 30.9 Å². The highest BCUT2D eigenvalue weighted by atomic mass is 15.2. The average Bonchev–Trinajstić information content (AvgIpc) is 2.45. The zero-order valence-corrected chi connectivity index (χ0v) is 13.3. The van der Waals surface area contributed by atoms with Gasteiger partial charge in [0.2, 0.25) is 5.95 Å². The van der Waals surface area contributed by atoms with Crippen molar-refractivity contribution in [2.75, 3.05) is 16.8 Å². The number of hydrogen-bond acceptors (Lipinski definition) is 4. The summed E-state index contributed by atoms with van der Waals surface area (Å²) < 4.78 is 0. The van der Waals surface area contributed by atoms with Crippen LogP contribution in [-0.2, 0) is 6.54 Å². The van der Waals surface area contributed by atoms with E-state index in [2.05, 4.69) is 65.2 Å². The Balaban J connectivity index is 2.29. The van der Waals surface area contributed by atoms with Crippen molar-refractivity contribution in [1.29, 1.82) is 0 Å². The number of aryl methyl sites for hydroxylation is 1. The quantitative estimate of drug-likeness (QED) is 0.879. The van der Waals surface area contributed by atoms with Crippen molar-refractivity contribution >= 4 is 11.8 Å². The van der Waals surface area contributed by atoms with Crippen molar-refractivity contribution in [2.24, 2.45) is 0 Å². The molecule has 4 nitrogen and oxygen atoms in total. The first-order valence-corrected chi connectivity index (χ1v) is 7.50. The topological polar surface area (TPSA) is 41.1 Å². The molecule has 112 valence electrons. The Morgan fingerprint density at radius 2 is 1.86 bits per heavy atom. The summed E-state index contributed by atoms with van der Waals surface area (Å²) in [6, 6.07) is 12.9. The van der Waals surface area contributed by atoms with Crippen molar-refractivity contribution in [1.82, 2.24) is 9.97 Å². The van der Waals surface area contributed by atoms with E-state index in [1.165, 1.54) is 5.56 Å². The van der Waals surface area contributed by atoms with Gasteiger partial charge in [0.1, 0.15) is 5.82 Å². The van der Waals surface area contributed by atoms with Crippen LogP contribution in [0.5, 0.6) is 0 Å². The molecule has 1 N–H and O–H groups in total. The van der Waals surface area contributed by atoms with Gasteiger partial charge in [-0.3, -0.25) is 0 Å². The molecule has 1 aromatic carbocycles. The highest BCUT2D eigenvalue weighted by Crippen LogP contribution is 2.20. The normalized spacial score (nSPS) is 10.7. The van der Waals surface area contributed by atoms with Crippen molar-refractivity contribution in [3.8, 4) is 0 Å². The number of aromatic nitrogens is 2. The smallest absolute Gasteiger partial charge is 0.224 e. The third-order valence-electron chi connectivity index (χ3n) is 3.29. The SMILES string of the molecule is CCNc1nc(C)cc(N(Cc2ccccc2)C(C)C)n1. The number of rotatable bonds is 6. The lowest BCUT2D eigenvalue weighted by atomic mass is 10.2. The molecule has 21 heavy (non-hydrogen) atoms. The van der Waals surface area contributed by atoms with E-state index in [0.29, 0.717) is 12.0 Å². The van der Waals surface area contributed by atoms with Crippen LogP contribution in [0.1, 0.15) is 32.0 Å². The summed E-state index contributed by atoms with van der Waals surface area (Å²) in [5.41, 5.74) is 2.27. The maximum atomic E-state index is 4.64. The predicted octanol–water partition coefficient (Wildman–Crippen LogP) is 3.63. The summed E-state index contributed by atoms with van der Waals surface area (Å²) in [5.74, 6) is 1.67. The largest absolute Gasteiger partial charge is 0.354 e. The fourth-order valence-electron chi connectivity index (χ4n) is 2.24. The Kier molecular flexibility index (Phi) is 5.14. The second-order valence-electron chi connectivity index (χ2n) is 5.43. The Hall–Kier alpha value is -2.10. The fraction of sp³-hybridized carbons (Fsp3) is 0.412. The molecule has 0 amide bonds. The molecule has 0 fully saturated rings. The van der Waals surface area contributed by atoms with Crippen LogP contribution in [0.2, 0.25) is 0 Å². The van der Waals surface area contributed by atoms with Crippen molar-refractivity contribution in [2.45, 2.75) is 40.3 Å². The molecule has 0 spiro atoms. The highest BCUT2D eigenvalue weighted by Gasteiger charge is 2.14. The minimum Gasteiger partial charge on any atom is -0.354 e. The lowest BCUT2D eigenvalue weighted by Crippen LogP contribution is -2.31. The van der Waals surface area contributed by atoms with Gasteiger partial charge in [0.05, 0.1) is 0 Å². The van der Waals surface area contributed by atoms with Gasteiger partial charge in [-0.25, -0.2) is 4.98 Å². The van der Waals surface area contributed by atoms with Crippen LogP contribution >= 0.6 is 0 Å². The van der Waals surface area contributed by atoms with Crippen LogP contribution in [0, 0.1) is 6.92 Å². The molecule has 0 radical (unpaired) electrons. The summed E-state index contributed by atoms with van der Waals surface area (Å²) in [6.45, 7) is 10.1. The van der Waals surface area contributed by atoms with Gasteiger partial charge in [0.25, 0.3) is 0 Å². The van der Waals surface area contributed by atoms with E-state index in [-0.39, 0.29) is 0 Å². The van der Waals surface area contributed by atoms with Crippen molar-refractivity contribution < 1.29 is 0 Å². The predicted molar refractivity (Wildman–Crippen MR) is 88.7 cm³/mol. The number of nitrogens with one attached hydrogen (secondary N) is 1. The number of anilines is 2. The molecular formula is C17H24N4. The van der Waals surface area contributed by atoms with Gasteiger partial charge in [-0.2, -0.15) is 4.98 Å². The molecular weight excluding hydrogens is 260 g/mol.